The number of aromatic nitrogens is 3. The van der Waals surface area contributed by atoms with Gasteiger partial charge in [0.1, 0.15) is 17.5 Å². The van der Waals surface area contributed by atoms with Crippen molar-refractivity contribution < 1.29 is 9.53 Å². The molecule has 0 unspecified atom stereocenters. The van der Waals surface area contributed by atoms with Gasteiger partial charge in [-0.2, -0.15) is 0 Å². The lowest BCUT2D eigenvalue weighted by molar-refractivity contribution is -0.158. The highest BCUT2D eigenvalue weighted by Crippen LogP contribution is 2.33. The molecule has 0 aliphatic carbocycles. The highest BCUT2D eigenvalue weighted by molar-refractivity contribution is 5.81. The number of hydrogen-bond donors (Lipinski definition) is 2. The molecule has 0 saturated carbocycles. The number of ether oxygens (including phenoxy) is 1. The van der Waals surface area contributed by atoms with Crippen LogP contribution in [0.1, 0.15) is 71.0 Å². The third kappa shape index (κ3) is 6.72. The fourth-order valence-corrected chi connectivity index (χ4v) is 5.16. The lowest BCUT2D eigenvalue weighted by Gasteiger charge is -2.31. The molecule has 0 spiro atoms. The molecule has 38 heavy (non-hydrogen) atoms. The number of fused-ring (bicyclic) bond motifs is 1. The van der Waals surface area contributed by atoms with E-state index in [2.05, 4.69) is 58.9 Å². The molecule has 1 aliphatic heterocycles. The Morgan fingerprint density at radius 2 is 1.92 bits per heavy atom. The van der Waals surface area contributed by atoms with E-state index in [9.17, 15) is 9.59 Å². The van der Waals surface area contributed by atoms with E-state index in [1.165, 1.54) is 0 Å². The number of nitrogens with zero attached hydrogens (tertiary/aromatic N) is 3. The summed E-state index contributed by atoms with van der Waals surface area (Å²) in [5, 5.41) is 3.44. The summed E-state index contributed by atoms with van der Waals surface area (Å²) >= 11 is 0. The second-order valence-electron chi connectivity index (χ2n) is 12.2. The van der Waals surface area contributed by atoms with E-state index < -0.39 is 5.60 Å². The van der Waals surface area contributed by atoms with Gasteiger partial charge >= 0.3 is 5.97 Å². The van der Waals surface area contributed by atoms with E-state index in [-0.39, 0.29) is 17.6 Å². The first-order chi connectivity index (χ1) is 17.9. The number of hydrogen-bond acceptors (Lipinski definition) is 6. The van der Waals surface area contributed by atoms with E-state index in [4.69, 9.17) is 9.72 Å². The van der Waals surface area contributed by atoms with Gasteiger partial charge in [-0.1, -0.05) is 19.9 Å². The van der Waals surface area contributed by atoms with Crippen molar-refractivity contribution in [3.63, 3.8) is 0 Å². The predicted molar refractivity (Wildman–Crippen MR) is 152 cm³/mol. The summed E-state index contributed by atoms with van der Waals surface area (Å²) in [6.07, 6.45) is 4.57. The van der Waals surface area contributed by atoms with Crippen molar-refractivity contribution in [1.29, 1.82) is 0 Å². The van der Waals surface area contributed by atoms with Gasteiger partial charge in [-0.3, -0.25) is 9.59 Å². The minimum atomic E-state index is -0.524. The number of nitrogens with one attached hydrogen (secondary N) is 2. The van der Waals surface area contributed by atoms with Gasteiger partial charge in [0.15, 0.2) is 0 Å². The Kier molecular flexibility index (Phi) is 8.43. The Labute approximate surface area is 225 Å². The molecular formula is C30H43N5O3. The van der Waals surface area contributed by atoms with Gasteiger partial charge in [0.05, 0.1) is 11.0 Å². The van der Waals surface area contributed by atoms with Gasteiger partial charge < -0.3 is 24.5 Å². The topological polar surface area (TPSA) is 92.2 Å². The van der Waals surface area contributed by atoms with Crippen LogP contribution in [0.25, 0.3) is 22.4 Å². The van der Waals surface area contributed by atoms with Crippen LogP contribution in [0.15, 0.2) is 35.3 Å². The molecule has 1 saturated heterocycles. The zero-order valence-corrected chi connectivity index (χ0v) is 23.9. The van der Waals surface area contributed by atoms with Gasteiger partial charge in [-0.15, -0.1) is 0 Å². The van der Waals surface area contributed by atoms with Crippen LogP contribution in [0.3, 0.4) is 0 Å². The van der Waals surface area contributed by atoms with Gasteiger partial charge in [0.2, 0.25) is 0 Å². The number of esters is 1. The van der Waals surface area contributed by atoms with Gasteiger partial charge in [0.25, 0.3) is 5.56 Å². The average Bonchev–Trinajstić information content (AvgIpc) is 3.21. The Balaban J connectivity index is 1.65. The second-order valence-corrected chi connectivity index (χ2v) is 12.2. The van der Waals surface area contributed by atoms with Crippen LogP contribution in [0.4, 0.5) is 0 Å². The van der Waals surface area contributed by atoms with Crippen molar-refractivity contribution in [2.24, 2.45) is 5.92 Å². The third-order valence-corrected chi connectivity index (χ3v) is 7.11. The average molecular weight is 522 g/mol. The molecule has 0 radical (unpaired) electrons. The van der Waals surface area contributed by atoms with E-state index in [0.717, 1.165) is 53.9 Å². The number of imidazole rings is 1. The van der Waals surface area contributed by atoms with Crippen molar-refractivity contribution in [3.05, 3.63) is 51.9 Å². The normalized spacial score (nSPS) is 16.3. The van der Waals surface area contributed by atoms with Gasteiger partial charge in [0, 0.05) is 29.9 Å². The maximum Gasteiger partial charge on any atom is 0.323 e. The van der Waals surface area contributed by atoms with Crippen LogP contribution in [0, 0.1) is 12.8 Å². The number of H-pyrrole nitrogens is 1. The van der Waals surface area contributed by atoms with Crippen molar-refractivity contribution in [2.45, 2.75) is 85.0 Å². The summed E-state index contributed by atoms with van der Waals surface area (Å²) in [7, 11) is 2.16. The number of rotatable bonds is 8. The first kappa shape index (κ1) is 28.0. The Bertz CT molecular complexity index is 1330. The largest absolute Gasteiger partial charge is 0.459 e. The number of aromatic amines is 1. The molecule has 4 rings (SSSR count). The summed E-state index contributed by atoms with van der Waals surface area (Å²) in [5.41, 5.74) is 4.06. The van der Waals surface area contributed by atoms with Crippen LogP contribution in [-0.4, -0.2) is 57.2 Å². The minimum absolute atomic E-state index is 0.0787. The summed E-state index contributed by atoms with van der Waals surface area (Å²) in [4.78, 5) is 35.2. The molecular weight excluding hydrogens is 478 g/mol. The smallest absolute Gasteiger partial charge is 0.323 e. The zero-order chi connectivity index (χ0) is 27.6. The van der Waals surface area contributed by atoms with E-state index in [0.29, 0.717) is 30.5 Å². The fraction of sp³-hybridized carbons (Fsp3) is 0.567. The molecule has 2 N–H and O–H groups in total. The highest BCUT2D eigenvalue weighted by Gasteiger charge is 2.27. The third-order valence-electron chi connectivity index (χ3n) is 7.11. The molecule has 206 valence electrons. The lowest BCUT2D eigenvalue weighted by Crippen LogP contribution is -2.41. The SMILES string of the molecule is Cc1cc(-c2nc3cc(CN[C@@H](CC(C)C)C(=O)OC(C)(C)C)ccc3n2C2CCN(C)CC2)c[nH]c1=O. The number of likely N-dealkylation sites (tertiary alicyclic amines) is 1. The summed E-state index contributed by atoms with van der Waals surface area (Å²) in [5.74, 6) is 1.02. The molecule has 3 heterocycles. The van der Waals surface area contributed by atoms with Crippen LogP contribution < -0.4 is 10.9 Å². The first-order valence-corrected chi connectivity index (χ1v) is 13.8. The van der Waals surface area contributed by atoms with E-state index >= 15 is 0 Å². The number of carbonyl (C=O) groups excluding carboxylic acids is 1. The molecule has 8 nitrogen and oxygen atoms in total. The van der Waals surface area contributed by atoms with Crippen molar-refractivity contribution in [1.82, 2.24) is 24.8 Å². The van der Waals surface area contributed by atoms with Crippen molar-refractivity contribution >= 4 is 17.0 Å². The van der Waals surface area contributed by atoms with Crippen LogP contribution in [0.2, 0.25) is 0 Å². The molecule has 8 heteroatoms. The molecule has 2 aromatic heterocycles. The van der Waals surface area contributed by atoms with E-state index in [1.54, 1.807) is 6.20 Å². The van der Waals surface area contributed by atoms with Crippen LogP contribution in [-0.2, 0) is 16.1 Å². The van der Waals surface area contributed by atoms with Crippen molar-refractivity contribution in [2.75, 3.05) is 20.1 Å². The quantitative estimate of drug-likeness (QED) is 0.413. The van der Waals surface area contributed by atoms with Crippen LogP contribution >= 0.6 is 0 Å². The maximum absolute atomic E-state index is 12.9. The Morgan fingerprint density at radius 1 is 1.21 bits per heavy atom. The summed E-state index contributed by atoms with van der Waals surface area (Å²) in [6, 6.07) is 8.26. The van der Waals surface area contributed by atoms with Crippen molar-refractivity contribution in [3.8, 4) is 11.4 Å². The van der Waals surface area contributed by atoms with Crippen LogP contribution in [0.5, 0.6) is 0 Å². The van der Waals surface area contributed by atoms with Gasteiger partial charge in [-0.05, 0) is 96.8 Å². The molecule has 1 fully saturated rings. The fourth-order valence-electron chi connectivity index (χ4n) is 5.16. The minimum Gasteiger partial charge on any atom is -0.459 e. The lowest BCUT2D eigenvalue weighted by atomic mass is 10.0. The second kappa shape index (κ2) is 11.4. The number of pyridine rings is 1. The Morgan fingerprint density at radius 3 is 2.55 bits per heavy atom. The van der Waals surface area contributed by atoms with E-state index in [1.807, 2.05) is 33.8 Å². The number of carbonyl (C=O) groups is 1. The monoisotopic (exact) mass is 521 g/mol. The zero-order valence-electron chi connectivity index (χ0n) is 23.9. The molecule has 3 aromatic rings. The first-order valence-electron chi connectivity index (χ1n) is 13.8. The number of aryl methyl sites for hydroxylation is 1. The molecule has 1 atom stereocenters. The standard InChI is InChI=1S/C30H43N5O3/c1-19(2)14-25(29(37)38-30(4,5)6)31-17-21-8-9-26-24(16-21)33-27(22-15-20(3)28(36)32-18-22)35(26)23-10-12-34(7)13-11-23/h8-9,15-16,18-19,23,25,31H,10-14,17H2,1-7H3,(H,32,36)/t25-/m0/s1. The predicted octanol–water partition coefficient (Wildman–Crippen LogP) is 4.81. The summed E-state index contributed by atoms with van der Waals surface area (Å²) in [6.45, 7) is 14.4. The molecule has 0 amide bonds. The maximum atomic E-state index is 12.9. The number of piperidine rings is 1. The highest BCUT2D eigenvalue weighted by atomic mass is 16.6. The Hall–Kier alpha value is -2.97. The molecule has 0 bridgehead atoms. The van der Waals surface area contributed by atoms with Gasteiger partial charge in [-0.25, -0.2) is 4.98 Å². The molecule has 1 aliphatic rings. The number of benzene rings is 1. The summed E-state index contributed by atoms with van der Waals surface area (Å²) < 4.78 is 8.03. The molecule has 1 aromatic carbocycles.